The molecule has 0 aliphatic heterocycles. The first-order chi connectivity index (χ1) is 8.34. The van der Waals surface area contributed by atoms with Crippen LogP contribution in [0.3, 0.4) is 0 Å². The van der Waals surface area contributed by atoms with Gasteiger partial charge in [-0.1, -0.05) is 19.3 Å². The Morgan fingerprint density at radius 1 is 1.12 bits per heavy atom. The summed E-state index contributed by atoms with van der Waals surface area (Å²) in [7, 11) is 1.72. The second kappa shape index (κ2) is 10.1. The normalized spacial score (nSPS) is 25.8. The number of ether oxygens (including phenoxy) is 2. The van der Waals surface area contributed by atoms with Crippen molar-refractivity contribution in [3.63, 3.8) is 0 Å². The van der Waals surface area contributed by atoms with Gasteiger partial charge in [-0.15, -0.1) is 11.6 Å². The summed E-state index contributed by atoms with van der Waals surface area (Å²) in [6, 6.07) is 0.474. The number of hydrogen-bond acceptors (Lipinski definition) is 3. The molecule has 0 aromatic rings. The summed E-state index contributed by atoms with van der Waals surface area (Å²) in [6.07, 6.45) is 7.23. The lowest BCUT2D eigenvalue weighted by Crippen LogP contribution is -2.38. The highest BCUT2D eigenvalue weighted by Crippen LogP contribution is 2.22. The van der Waals surface area contributed by atoms with Crippen LogP contribution in [0.2, 0.25) is 0 Å². The Morgan fingerprint density at radius 3 is 2.76 bits per heavy atom. The number of halogens is 1. The van der Waals surface area contributed by atoms with Gasteiger partial charge in [0, 0.05) is 38.3 Å². The first kappa shape index (κ1) is 15.2. The molecule has 4 heteroatoms. The van der Waals surface area contributed by atoms with Gasteiger partial charge in [0.25, 0.3) is 0 Å². The molecule has 0 aromatic heterocycles. The van der Waals surface area contributed by atoms with Crippen molar-refractivity contribution >= 4 is 11.6 Å². The summed E-state index contributed by atoms with van der Waals surface area (Å²) < 4.78 is 10.5. The van der Waals surface area contributed by atoms with Crippen LogP contribution >= 0.6 is 11.6 Å². The van der Waals surface area contributed by atoms with Gasteiger partial charge < -0.3 is 14.8 Å². The molecular formula is C13H26ClNO2. The van der Waals surface area contributed by atoms with Crippen LogP contribution < -0.4 is 5.32 Å². The molecule has 2 atom stereocenters. The van der Waals surface area contributed by atoms with Crippen LogP contribution in [-0.2, 0) is 9.47 Å². The molecule has 0 bridgehead atoms. The smallest absolute Gasteiger partial charge is 0.0591 e. The summed E-state index contributed by atoms with van der Waals surface area (Å²) in [5.74, 6) is 0. The minimum absolute atomic E-state index is 0.297. The van der Waals surface area contributed by atoms with Gasteiger partial charge in [-0.25, -0.2) is 0 Å². The molecule has 0 radical (unpaired) electrons. The largest absolute Gasteiger partial charge is 0.385 e. The van der Waals surface area contributed by atoms with Crippen molar-refractivity contribution in [1.82, 2.24) is 5.32 Å². The summed E-state index contributed by atoms with van der Waals surface area (Å²) in [4.78, 5) is 0. The van der Waals surface area contributed by atoms with E-state index < -0.39 is 0 Å². The van der Waals surface area contributed by atoms with Crippen LogP contribution in [0, 0.1) is 0 Å². The minimum atomic E-state index is 0.297. The first-order valence-electron chi connectivity index (χ1n) is 6.78. The molecule has 1 N–H and O–H groups in total. The fourth-order valence-electron chi connectivity index (χ4n) is 2.22. The average Bonchev–Trinajstić information content (AvgIpc) is 2.53. The molecule has 0 heterocycles. The summed E-state index contributed by atoms with van der Waals surface area (Å²) in [5, 5.41) is 3.81. The van der Waals surface area contributed by atoms with E-state index in [0.29, 0.717) is 11.4 Å². The third kappa shape index (κ3) is 7.24. The van der Waals surface area contributed by atoms with Crippen molar-refractivity contribution < 1.29 is 9.47 Å². The predicted octanol–water partition coefficient (Wildman–Crippen LogP) is 2.57. The van der Waals surface area contributed by atoms with E-state index in [-0.39, 0.29) is 0 Å². The van der Waals surface area contributed by atoms with E-state index in [2.05, 4.69) is 5.32 Å². The van der Waals surface area contributed by atoms with Gasteiger partial charge in [0.2, 0.25) is 0 Å². The Balaban J connectivity index is 1.97. The Bertz CT molecular complexity index is 181. The van der Waals surface area contributed by atoms with Gasteiger partial charge >= 0.3 is 0 Å². The van der Waals surface area contributed by atoms with E-state index in [1.54, 1.807) is 7.11 Å². The van der Waals surface area contributed by atoms with E-state index in [1.165, 1.54) is 25.7 Å². The van der Waals surface area contributed by atoms with E-state index in [1.807, 2.05) is 0 Å². The van der Waals surface area contributed by atoms with E-state index in [9.17, 15) is 0 Å². The highest BCUT2D eigenvalue weighted by Gasteiger charge is 2.20. The number of methoxy groups -OCH3 is 1. The zero-order chi connectivity index (χ0) is 12.3. The lowest BCUT2D eigenvalue weighted by molar-refractivity contribution is 0.103. The second-order valence-electron chi connectivity index (χ2n) is 4.67. The summed E-state index contributed by atoms with van der Waals surface area (Å²) in [5.41, 5.74) is 0. The molecule has 0 saturated heterocycles. The fraction of sp³-hybridized carbons (Fsp3) is 1.00. The third-order valence-corrected chi connectivity index (χ3v) is 3.74. The van der Waals surface area contributed by atoms with Gasteiger partial charge in [-0.3, -0.25) is 0 Å². The topological polar surface area (TPSA) is 30.5 Å². The van der Waals surface area contributed by atoms with Crippen molar-refractivity contribution in [2.45, 2.75) is 49.9 Å². The standard InChI is InChI=1S/C13H26ClNO2/c1-16-9-5-10-17-11-8-15-13-7-4-2-3-6-12(13)14/h12-13,15H,2-11H2,1H3. The number of hydrogen-bond donors (Lipinski definition) is 1. The van der Waals surface area contributed by atoms with Crippen LogP contribution in [0.4, 0.5) is 0 Å². The predicted molar refractivity (Wildman–Crippen MR) is 71.8 cm³/mol. The van der Waals surface area contributed by atoms with Crippen LogP contribution in [-0.4, -0.2) is 44.9 Å². The molecule has 1 rings (SSSR count). The molecule has 1 fully saturated rings. The molecular weight excluding hydrogens is 238 g/mol. The molecule has 0 spiro atoms. The monoisotopic (exact) mass is 263 g/mol. The van der Waals surface area contributed by atoms with Crippen molar-refractivity contribution in [1.29, 1.82) is 0 Å². The molecule has 1 aliphatic carbocycles. The number of alkyl halides is 1. The van der Waals surface area contributed by atoms with E-state index in [0.717, 1.165) is 39.2 Å². The molecule has 102 valence electrons. The lowest BCUT2D eigenvalue weighted by atomic mass is 10.1. The Labute approximate surface area is 110 Å². The van der Waals surface area contributed by atoms with Crippen molar-refractivity contribution in [2.75, 3.05) is 33.5 Å². The van der Waals surface area contributed by atoms with E-state index >= 15 is 0 Å². The second-order valence-corrected chi connectivity index (χ2v) is 5.23. The SMILES string of the molecule is COCCCOCCNC1CCCCCC1Cl. The zero-order valence-corrected chi connectivity index (χ0v) is 11.7. The molecule has 0 amide bonds. The maximum absolute atomic E-state index is 6.35. The van der Waals surface area contributed by atoms with Crippen LogP contribution in [0.1, 0.15) is 38.5 Å². The third-order valence-electron chi connectivity index (χ3n) is 3.22. The highest BCUT2D eigenvalue weighted by atomic mass is 35.5. The van der Waals surface area contributed by atoms with Gasteiger partial charge in [-0.05, 0) is 19.3 Å². The van der Waals surface area contributed by atoms with Crippen LogP contribution in [0.5, 0.6) is 0 Å². The summed E-state index contributed by atoms with van der Waals surface area (Å²) >= 11 is 6.35. The fourth-order valence-corrected chi connectivity index (χ4v) is 2.59. The maximum atomic E-state index is 6.35. The van der Waals surface area contributed by atoms with Gasteiger partial charge in [0.1, 0.15) is 0 Å². The highest BCUT2D eigenvalue weighted by molar-refractivity contribution is 6.21. The maximum Gasteiger partial charge on any atom is 0.0591 e. The molecule has 1 aliphatic rings. The minimum Gasteiger partial charge on any atom is -0.385 e. The van der Waals surface area contributed by atoms with Gasteiger partial charge in [-0.2, -0.15) is 0 Å². The Kier molecular flexibility index (Phi) is 9.07. The Morgan fingerprint density at radius 2 is 1.94 bits per heavy atom. The average molecular weight is 264 g/mol. The number of rotatable bonds is 8. The lowest BCUT2D eigenvalue weighted by Gasteiger charge is -2.21. The Hall–Kier alpha value is 0.170. The molecule has 3 nitrogen and oxygen atoms in total. The molecule has 1 saturated carbocycles. The summed E-state index contributed by atoms with van der Waals surface area (Å²) in [6.45, 7) is 3.23. The van der Waals surface area contributed by atoms with Crippen LogP contribution in [0.15, 0.2) is 0 Å². The van der Waals surface area contributed by atoms with Gasteiger partial charge in [0.05, 0.1) is 6.61 Å². The van der Waals surface area contributed by atoms with Crippen molar-refractivity contribution in [3.8, 4) is 0 Å². The van der Waals surface area contributed by atoms with Gasteiger partial charge in [0.15, 0.2) is 0 Å². The molecule has 0 aromatic carbocycles. The van der Waals surface area contributed by atoms with Crippen LogP contribution in [0.25, 0.3) is 0 Å². The quantitative estimate of drug-likeness (QED) is 0.415. The van der Waals surface area contributed by atoms with Crippen molar-refractivity contribution in [2.24, 2.45) is 0 Å². The number of nitrogens with one attached hydrogen (secondary N) is 1. The van der Waals surface area contributed by atoms with E-state index in [4.69, 9.17) is 21.1 Å². The van der Waals surface area contributed by atoms with Crippen molar-refractivity contribution in [3.05, 3.63) is 0 Å². The first-order valence-corrected chi connectivity index (χ1v) is 7.22. The molecule has 17 heavy (non-hydrogen) atoms. The molecule has 2 unspecified atom stereocenters. The zero-order valence-electron chi connectivity index (χ0n) is 10.9.